The van der Waals surface area contributed by atoms with Crippen LogP contribution in [0.1, 0.15) is 35.5 Å². The molecule has 0 fully saturated rings. The topological polar surface area (TPSA) is 56.1 Å². The average molecular weight is 446 g/mol. The van der Waals surface area contributed by atoms with Crippen molar-refractivity contribution < 1.29 is 9.53 Å². The minimum absolute atomic E-state index is 0.0766. The van der Waals surface area contributed by atoms with Crippen LogP contribution in [-0.4, -0.2) is 22.3 Å². The fraction of sp³-hybridized carbons (Fsp3) is 0.231. The van der Waals surface area contributed by atoms with Gasteiger partial charge in [-0.1, -0.05) is 38.1 Å². The normalized spacial score (nSPS) is 11.0. The molecule has 0 bridgehead atoms. The summed E-state index contributed by atoms with van der Waals surface area (Å²) in [4.78, 5) is 13.2. The molecule has 4 aromatic rings. The van der Waals surface area contributed by atoms with Gasteiger partial charge in [0.25, 0.3) is 5.91 Å². The first-order valence-electron chi connectivity index (χ1n) is 10.8. The number of para-hydroxylation sites is 1. The van der Waals surface area contributed by atoms with Crippen molar-refractivity contribution in [1.29, 1.82) is 0 Å². The molecule has 0 aliphatic carbocycles. The predicted octanol–water partition coefficient (Wildman–Crippen LogP) is 5.96. The van der Waals surface area contributed by atoms with E-state index in [9.17, 15) is 4.79 Å². The highest BCUT2D eigenvalue weighted by Crippen LogP contribution is 2.26. The van der Waals surface area contributed by atoms with Crippen LogP contribution in [0.2, 0.25) is 0 Å². The third-order valence-corrected chi connectivity index (χ3v) is 5.96. The average Bonchev–Trinajstić information content (AvgIpc) is 3.49. The van der Waals surface area contributed by atoms with Gasteiger partial charge < -0.3 is 10.1 Å². The van der Waals surface area contributed by atoms with Crippen molar-refractivity contribution in [2.24, 2.45) is 5.92 Å². The molecule has 0 saturated heterocycles. The second-order valence-electron chi connectivity index (χ2n) is 8.00. The van der Waals surface area contributed by atoms with Gasteiger partial charge in [0.05, 0.1) is 22.9 Å². The lowest BCUT2D eigenvalue weighted by Crippen LogP contribution is -2.21. The van der Waals surface area contributed by atoms with Gasteiger partial charge in [0.15, 0.2) is 0 Å². The summed E-state index contributed by atoms with van der Waals surface area (Å²) >= 11 is 1.43. The quantitative estimate of drug-likeness (QED) is 0.346. The number of ether oxygens (including phenoxy) is 1. The number of carbonyl (C=O) groups is 1. The molecular weight excluding hydrogens is 418 g/mol. The number of nitrogens with zero attached hydrogens (tertiary/aromatic N) is 2. The molecule has 164 valence electrons. The monoisotopic (exact) mass is 445 g/mol. The molecule has 5 nitrogen and oxygen atoms in total. The minimum atomic E-state index is -0.0766. The van der Waals surface area contributed by atoms with Crippen LogP contribution in [0.3, 0.4) is 0 Å². The van der Waals surface area contributed by atoms with Crippen LogP contribution in [0.4, 0.5) is 0 Å². The molecule has 0 radical (unpaired) electrons. The summed E-state index contributed by atoms with van der Waals surface area (Å²) in [6, 6.07) is 21.7. The summed E-state index contributed by atoms with van der Waals surface area (Å²) in [6.45, 7) is 5.48. The molecule has 0 aliphatic rings. The van der Waals surface area contributed by atoms with E-state index >= 15 is 0 Å². The highest BCUT2D eigenvalue weighted by Gasteiger charge is 2.14. The van der Waals surface area contributed by atoms with Crippen molar-refractivity contribution in [3.8, 4) is 22.7 Å². The Morgan fingerprint density at radius 1 is 1.06 bits per heavy atom. The van der Waals surface area contributed by atoms with E-state index in [4.69, 9.17) is 9.84 Å². The number of rotatable bonds is 9. The van der Waals surface area contributed by atoms with E-state index in [0.717, 1.165) is 34.7 Å². The van der Waals surface area contributed by atoms with E-state index < -0.39 is 0 Å². The lowest BCUT2D eigenvalue weighted by molar-refractivity contribution is 0.0955. The predicted molar refractivity (Wildman–Crippen MR) is 129 cm³/mol. The Balaban J connectivity index is 1.56. The molecule has 0 aliphatic heterocycles. The molecule has 4 rings (SSSR count). The molecule has 0 saturated carbocycles. The second kappa shape index (κ2) is 10.3. The Labute approximate surface area is 192 Å². The summed E-state index contributed by atoms with van der Waals surface area (Å²) in [5.74, 6) is 1.39. The summed E-state index contributed by atoms with van der Waals surface area (Å²) in [6.07, 6.45) is 3.00. The maximum Gasteiger partial charge on any atom is 0.261 e. The molecule has 2 aromatic heterocycles. The fourth-order valence-corrected chi connectivity index (χ4v) is 3.93. The number of thiophene rings is 1. The van der Waals surface area contributed by atoms with Crippen molar-refractivity contribution in [3.63, 3.8) is 0 Å². The Kier molecular flexibility index (Phi) is 7.02. The van der Waals surface area contributed by atoms with E-state index in [1.807, 2.05) is 83.0 Å². The van der Waals surface area contributed by atoms with Gasteiger partial charge in [-0.05, 0) is 60.2 Å². The lowest BCUT2D eigenvalue weighted by Gasteiger charge is -2.09. The van der Waals surface area contributed by atoms with Gasteiger partial charge in [-0.2, -0.15) is 5.10 Å². The van der Waals surface area contributed by atoms with Gasteiger partial charge >= 0.3 is 0 Å². The fourth-order valence-electron chi connectivity index (χ4n) is 3.29. The SMILES string of the molecule is CC(C)CCOc1ccc(-c2nn(-c3ccccc3)cc2CNC(=O)c2cccs2)cc1. The van der Waals surface area contributed by atoms with Gasteiger partial charge in [-0.3, -0.25) is 4.79 Å². The molecular formula is C26H27N3O2S. The van der Waals surface area contributed by atoms with Crippen LogP contribution in [0.5, 0.6) is 5.75 Å². The number of hydrogen-bond donors (Lipinski definition) is 1. The standard InChI is InChI=1S/C26H27N3O2S/c1-19(2)14-15-31-23-12-10-20(11-13-23)25-21(17-27-26(30)24-9-6-16-32-24)18-29(28-25)22-7-4-3-5-8-22/h3-13,16,18-19H,14-15,17H2,1-2H3,(H,27,30). The number of aromatic nitrogens is 2. The maximum atomic E-state index is 12.5. The van der Waals surface area contributed by atoms with Gasteiger partial charge in [-0.25, -0.2) is 4.68 Å². The first-order chi connectivity index (χ1) is 15.6. The Morgan fingerprint density at radius 3 is 2.53 bits per heavy atom. The Hall–Kier alpha value is -3.38. The van der Waals surface area contributed by atoms with Gasteiger partial charge in [0.2, 0.25) is 0 Å². The number of amides is 1. The molecule has 0 spiro atoms. The van der Waals surface area contributed by atoms with Crippen LogP contribution < -0.4 is 10.1 Å². The third-order valence-electron chi connectivity index (χ3n) is 5.09. The second-order valence-corrected chi connectivity index (χ2v) is 8.95. The highest BCUT2D eigenvalue weighted by molar-refractivity contribution is 7.12. The van der Waals surface area contributed by atoms with Crippen molar-refractivity contribution in [3.05, 3.63) is 88.7 Å². The molecule has 0 atom stereocenters. The van der Waals surface area contributed by atoms with Crippen LogP contribution >= 0.6 is 11.3 Å². The van der Waals surface area contributed by atoms with Crippen molar-refractivity contribution >= 4 is 17.2 Å². The summed E-state index contributed by atoms with van der Waals surface area (Å²) in [5, 5.41) is 9.75. The number of hydrogen-bond acceptors (Lipinski definition) is 4. The Morgan fingerprint density at radius 2 is 1.84 bits per heavy atom. The first-order valence-corrected chi connectivity index (χ1v) is 11.7. The van der Waals surface area contributed by atoms with Gasteiger partial charge in [0, 0.05) is 23.9 Å². The van der Waals surface area contributed by atoms with Crippen molar-refractivity contribution in [2.45, 2.75) is 26.8 Å². The smallest absolute Gasteiger partial charge is 0.261 e. The van der Waals surface area contributed by atoms with E-state index in [-0.39, 0.29) is 5.91 Å². The van der Waals surface area contributed by atoms with Crippen molar-refractivity contribution in [1.82, 2.24) is 15.1 Å². The van der Waals surface area contributed by atoms with Crippen LogP contribution in [-0.2, 0) is 6.54 Å². The third kappa shape index (κ3) is 5.45. The molecule has 2 heterocycles. The zero-order valence-electron chi connectivity index (χ0n) is 18.3. The lowest BCUT2D eigenvalue weighted by atomic mass is 10.1. The van der Waals surface area contributed by atoms with E-state index in [2.05, 4.69) is 19.2 Å². The Bertz CT molecular complexity index is 1130. The summed E-state index contributed by atoms with van der Waals surface area (Å²) < 4.78 is 7.71. The number of nitrogens with one attached hydrogen (secondary N) is 1. The molecule has 2 aromatic carbocycles. The molecule has 1 N–H and O–H groups in total. The van der Waals surface area contributed by atoms with Crippen molar-refractivity contribution in [2.75, 3.05) is 6.61 Å². The van der Waals surface area contributed by atoms with Crippen LogP contribution in [0.25, 0.3) is 16.9 Å². The molecule has 1 amide bonds. The van der Waals surface area contributed by atoms with Gasteiger partial charge in [-0.15, -0.1) is 11.3 Å². The molecule has 6 heteroatoms. The maximum absolute atomic E-state index is 12.5. The van der Waals surface area contributed by atoms with E-state index in [1.165, 1.54) is 11.3 Å². The van der Waals surface area contributed by atoms with E-state index in [0.29, 0.717) is 23.9 Å². The number of benzene rings is 2. The summed E-state index contributed by atoms with van der Waals surface area (Å²) in [5.41, 5.74) is 3.75. The van der Waals surface area contributed by atoms with E-state index in [1.54, 1.807) is 0 Å². The molecule has 0 unspecified atom stereocenters. The zero-order chi connectivity index (χ0) is 22.3. The molecule has 32 heavy (non-hydrogen) atoms. The van der Waals surface area contributed by atoms with Crippen LogP contribution in [0, 0.1) is 5.92 Å². The van der Waals surface area contributed by atoms with Crippen LogP contribution in [0.15, 0.2) is 78.3 Å². The van der Waals surface area contributed by atoms with Gasteiger partial charge in [0.1, 0.15) is 5.75 Å². The minimum Gasteiger partial charge on any atom is -0.494 e. The highest BCUT2D eigenvalue weighted by atomic mass is 32.1. The number of carbonyl (C=O) groups excluding carboxylic acids is 1. The summed E-state index contributed by atoms with van der Waals surface area (Å²) in [7, 11) is 0. The zero-order valence-corrected chi connectivity index (χ0v) is 19.1. The first kappa shape index (κ1) is 21.8. The largest absolute Gasteiger partial charge is 0.494 e.